The summed E-state index contributed by atoms with van der Waals surface area (Å²) >= 11 is 5.99. The first kappa shape index (κ1) is 13.9. The average molecular weight is 266 g/mol. The van der Waals surface area contributed by atoms with Crippen LogP contribution in [0, 0.1) is 5.92 Å². The van der Waals surface area contributed by atoms with Crippen molar-refractivity contribution in [3.8, 4) is 0 Å². The molecule has 0 unspecified atom stereocenters. The van der Waals surface area contributed by atoms with Crippen molar-refractivity contribution in [1.82, 2.24) is 5.32 Å². The monoisotopic (exact) mass is 265 g/mol. The lowest BCUT2D eigenvalue weighted by Crippen LogP contribution is -2.48. The fourth-order valence-corrected chi connectivity index (χ4v) is 3.43. The minimum Gasteiger partial charge on any atom is -0.316 e. The van der Waals surface area contributed by atoms with Crippen LogP contribution in [0.3, 0.4) is 0 Å². The highest BCUT2D eigenvalue weighted by Crippen LogP contribution is 2.49. The van der Waals surface area contributed by atoms with Crippen molar-refractivity contribution in [3.05, 3.63) is 34.9 Å². The van der Waals surface area contributed by atoms with E-state index in [4.69, 9.17) is 11.6 Å². The van der Waals surface area contributed by atoms with Crippen LogP contribution in [0.4, 0.5) is 0 Å². The summed E-state index contributed by atoms with van der Waals surface area (Å²) in [5, 5.41) is 4.37. The zero-order chi connectivity index (χ0) is 13.0. The first-order valence-corrected chi connectivity index (χ1v) is 7.55. The molecule has 0 radical (unpaired) electrons. The number of halogens is 1. The summed E-state index contributed by atoms with van der Waals surface area (Å²) in [5.41, 5.74) is 1.82. The van der Waals surface area contributed by atoms with Crippen LogP contribution in [0.15, 0.2) is 24.3 Å². The molecule has 1 fully saturated rings. The molecule has 100 valence electrons. The molecule has 0 bridgehead atoms. The van der Waals surface area contributed by atoms with E-state index in [1.807, 2.05) is 12.1 Å². The molecule has 0 aliphatic heterocycles. The molecule has 2 heteroatoms. The van der Waals surface area contributed by atoms with E-state index in [0.29, 0.717) is 5.41 Å². The van der Waals surface area contributed by atoms with Crippen molar-refractivity contribution in [2.45, 2.75) is 44.9 Å². The lowest BCUT2D eigenvalue weighted by molar-refractivity contribution is 0.129. The highest BCUT2D eigenvalue weighted by Gasteiger charge is 2.44. The van der Waals surface area contributed by atoms with Gasteiger partial charge in [-0.2, -0.15) is 0 Å². The Balaban J connectivity index is 2.09. The molecule has 1 nitrogen and oxygen atoms in total. The number of nitrogens with one attached hydrogen (secondary N) is 1. The molecule has 0 amide bonds. The van der Waals surface area contributed by atoms with Gasteiger partial charge in [0.1, 0.15) is 0 Å². The van der Waals surface area contributed by atoms with Gasteiger partial charge in [-0.05, 0) is 43.0 Å². The van der Waals surface area contributed by atoms with E-state index in [0.717, 1.165) is 24.0 Å². The summed E-state index contributed by atoms with van der Waals surface area (Å²) < 4.78 is 0. The van der Waals surface area contributed by atoms with Crippen molar-refractivity contribution < 1.29 is 0 Å². The van der Waals surface area contributed by atoms with Crippen LogP contribution in [-0.4, -0.2) is 13.1 Å². The summed E-state index contributed by atoms with van der Waals surface area (Å²) in [6.07, 6.45) is 5.34. The molecule has 0 spiro atoms. The molecule has 0 atom stereocenters. The van der Waals surface area contributed by atoms with Crippen molar-refractivity contribution in [3.63, 3.8) is 0 Å². The largest absolute Gasteiger partial charge is 0.316 e. The quantitative estimate of drug-likeness (QED) is 0.804. The van der Waals surface area contributed by atoms with E-state index in [-0.39, 0.29) is 0 Å². The molecule has 0 heterocycles. The van der Waals surface area contributed by atoms with Crippen LogP contribution in [-0.2, 0) is 5.41 Å². The van der Waals surface area contributed by atoms with Gasteiger partial charge in [0.2, 0.25) is 0 Å². The zero-order valence-corrected chi connectivity index (χ0v) is 12.3. The third-order valence-electron chi connectivity index (χ3n) is 4.23. The van der Waals surface area contributed by atoms with Crippen molar-refractivity contribution in [2.24, 2.45) is 5.92 Å². The Morgan fingerprint density at radius 3 is 2.44 bits per heavy atom. The Kier molecular flexibility index (Phi) is 4.69. The highest BCUT2D eigenvalue weighted by atomic mass is 35.5. The maximum absolute atomic E-state index is 5.99. The first-order valence-electron chi connectivity index (χ1n) is 7.17. The fourth-order valence-electron chi connectivity index (χ4n) is 3.31. The lowest BCUT2D eigenvalue weighted by atomic mass is 9.57. The van der Waals surface area contributed by atoms with Gasteiger partial charge in [0.25, 0.3) is 0 Å². The third kappa shape index (κ3) is 2.89. The molecular weight excluding hydrogens is 242 g/mol. The van der Waals surface area contributed by atoms with E-state index >= 15 is 0 Å². The predicted octanol–water partition coefficient (Wildman–Crippen LogP) is 4.40. The van der Waals surface area contributed by atoms with Crippen LogP contribution in [0.2, 0.25) is 5.02 Å². The normalized spacial score (nSPS) is 26.9. The first-order chi connectivity index (χ1) is 8.70. The average Bonchev–Trinajstić information content (AvgIpc) is 2.33. The van der Waals surface area contributed by atoms with E-state index in [9.17, 15) is 0 Å². The highest BCUT2D eigenvalue weighted by molar-refractivity contribution is 6.30. The summed E-state index contributed by atoms with van der Waals surface area (Å²) in [6.45, 7) is 6.61. The van der Waals surface area contributed by atoms with Gasteiger partial charge in [0.05, 0.1) is 0 Å². The van der Waals surface area contributed by atoms with Crippen LogP contribution in [0.25, 0.3) is 0 Å². The predicted molar refractivity (Wildman–Crippen MR) is 79.3 cm³/mol. The standard InChI is InChI=1S/C16H24ClN/c1-3-5-13-10-16(11-13,12-18-4-2)14-6-8-15(17)9-7-14/h6-9,13,18H,3-5,10-12H2,1-2H3. The topological polar surface area (TPSA) is 12.0 Å². The molecule has 18 heavy (non-hydrogen) atoms. The number of hydrogen-bond acceptors (Lipinski definition) is 1. The number of rotatable bonds is 6. The van der Waals surface area contributed by atoms with E-state index < -0.39 is 0 Å². The second-order valence-corrected chi connectivity index (χ2v) is 6.07. The molecule has 1 N–H and O–H groups in total. The molecular formula is C16H24ClN. The maximum Gasteiger partial charge on any atom is 0.0406 e. The third-order valence-corrected chi connectivity index (χ3v) is 4.48. The molecule has 0 aromatic heterocycles. The van der Waals surface area contributed by atoms with Crippen molar-refractivity contribution >= 4 is 11.6 Å². The van der Waals surface area contributed by atoms with E-state index in [2.05, 4.69) is 31.3 Å². The van der Waals surface area contributed by atoms with Gasteiger partial charge in [-0.3, -0.25) is 0 Å². The van der Waals surface area contributed by atoms with Crippen LogP contribution >= 0.6 is 11.6 Å². The van der Waals surface area contributed by atoms with Gasteiger partial charge in [0, 0.05) is 17.0 Å². The minimum atomic E-state index is 0.362. The summed E-state index contributed by atoms with van der Waals surface area (Å²) in [5.74, 6) is 0.921. The van der Waals surface area contributed by atoms with Crippen LogP contribution < -0.4 is 5.32 Å². The van der Waals surface area contributed by atoms with Crippen molar-refractivity contribution in [2.75, 3.05) is 13.1 Å². The van der Waals surface area contributed by atoms with Gasteiger partial charge >= 0.3 is 0 Å². The Morgan fingerprint density at radius 1 is 1.22 bits per heavy atom. The maximum atomic E-state index is 5.99. The van der Waals surface area contributed by atoms with Gasteiger partial charge < -0.3 is 5.32 Å². The van der Waals surface area contributed by atoms with Gasteiger partial charge in [-0.25, -0.2) is 0 Å². The Bertz CT molecular complexity index is 365. The summed E-state index contributed by atoms with van der Waals surface area (Å²) in [7, 11) is 0. The second kappa shape index (κ2) is 6.08. The van der Waals surface area contributed by atoms with Gasteiger partial charge in [0.15, 0.2) is 0 Å². The lowest BCUT2D eigenvalue weighted by Gasteiger charge is -2.49. The van der Waals surface area contributed by atoms with Gasteiger partial charge in [-0.15, -0.1) is 0 Å². The number of hydrogen-bond donors (Lipinski definition) is 1. The SMILES string of the molecule is CCCC1CC(CNCC)(c2ccc(Cl)cc2)C1. The molecule has 1 saturated carbocycles. The second-order valence-electron chi connectivity index (χ2n) is 5.63. The van der Waals surface area contributed by atoms with E-state index in [1.165, 1.54) is 31.2 Å². The molecule has 0 saturated heterocycles. The van der Waals surface area contributed by atoms with E-state index in [1.54, 1.807) is 0 Å². The molecule has 1 aromatic carbocycles. The number of likely N-dealkylation sites (N-methyl/N-ethyl adjacent to an activating group) is 1. The zero-order valence-electron chi connectivity index (χ0n) is 11.5. The summed E-state index contributed by atoms with van der Waals surface area (Å²) in [6, 6.07) is 8.47. The van der Waals surface area contributed by atoms with Crippen LogP contribution in [0.5, 0.6) is 0 Å². The Labute approximate surface area is 116 Å². The Morgan fingerprint density at radius 2 is 1.89 bits per heavy atom. The number of benzene rings is 1. The molecule has 1 aromatic rings. The fraction of sp³-hybridized carbons (Fsp3) is 0.625. The molecule has 1 aliphatic carbocycles. The van der Waals surface area contributed by atoms with Crippen LogP contribution in [0.1, 0.15) is 45.1 Å². The molecule has 2 rings (SSSR count). The smallest absolute Gasteiger partial charge is 0.0406 e. The van der Waals surface area contributed by atoms with Gasteiger partial charge in [-0.1, -0.05) is 50.4 Å². The Hall–Kier alpha value is -0.530. The van der Waals surface area contributed by atoms with Crippen molar-refractivity contribution in [1.29, 1.82) is 0 Å². The minimum absolute atomic E-state index is 0.362. The summed E-state index contributed by atoms with van der Waals surface area (Å²) in [4.78, 5) is 0. The molecule has 1 aliphatic rings.